The first kappa shape index (κ1) is 10.8. The third kappa shape index (κ3) is 2.36. The summed E-state index contributed by atoms with van der Waals surface area (Å²) in [4.78, 5) is 0. The van der Waals surface area contributed by atoms with Gasteiger partial charge in [-0.1, -0.05) is 24.3 Å². The molecule has 1 aromatic carbocycles. The first-order valence-corrected chi connectivity index (χ1v) is 4.72. The van der Waals surface area contributed by atoms with Crippen LogP contribution in [-0.4, -0.2) is 12.6 Å². The SMILES string of the molecule is CC1(C)C=Cc2ccccc2O1.CN. The Morgan fingerprint density at radius 1 is 1.14 bits per heavy atom. The van der Waals surface area contributed by atoms with E-state index in [2.05, 4.69) is 37.8 Å². The third-order valence-corrected chi connectivity index (χ3v) is 1.96. The van der Waals surface area contributed by atoms with Crippen LogP contribution in [0.25, 0.3) is 6.08 Å². The molecule has 1 heterocycles. The van der Waals surface area contributed by atoms with Gasteiger partial charge in [-0.25, -0.2) is 0 Å². The van der Waals surface area contributed by atoms with Gasteiger partial charge in [-0.05, 0) is 33.0 Å². The van der Waals surface area contributed by atoms with Crippen LogP contribution in [0.1, 0.15) is 19.4 Å². The monoisotopic (exact) mass is 191 g/mol. The molecule has 0 unspecified atom stereocenters. The minimum absolute atomic E-state index is 0.158. The normalized spacial score (nSPS) is 16.0. The summed E-state index contributed by atoms with van der Waals surface area (Å²) in [6.07, 6.45) is 4.19. The molecule has 2 N–H and O–H groups in total. The quantitative estimate of drug-likeness (QED) is 0.683. The molecule has 1 aliphatic rings. The number of hydrogen-bond donors (Lipinski definition) is 1. The summed E-state index contributed by atoms with van der Waals surface area (Å²) < 4.78 is 5.73. The number of nitrogens with two attached hydrogens (primary N) is 1. The molecule has 0 aromatic heterocycles. The van der Waals surface area contributed by atoms with Crippen molar-refractivity contribution < 1.29 is 4.74 Å². The molecular formula is C12H17NO. The molecule has 0 amide bonds. The fourth-order valence-electron chi connectivity index (χ4n) is 1.32. The fourth-order valence-corrected chi connectivity index (χ4v) is 1.32. The lowest BCUT2D eigenvalue weighted by atomic mass is 10.0. The summed E-state index contributed by atoms with van der Waals surface area (Å²) >= 11 is 0. The topological polar surface area (TPSA) is 35.2 Å². The second kappa shape index (κ2) is 4.29. The molecular weight excluding hydrogens is 174 g/mol. The number of fused-ring (bicyclic) bond motifs is 1. The molecule has 76 valence electrons. The van der Waals surface area contributed by atoms with Crippen LogP contribution in [0.5, 0.6) is 5.75 Å². The van der Waals surface area contributed by atoms with E-state index >= 15 is 0 Å². The standard InChI is InChI=1S/C11H12O.CH5N/c1-11(2)8-7-9-5-3-4-6-10(9)12-11;1-2/h3-8H,1-2H3;2H2,1H3. The molecule has 0 saturated carbocycles. The summed E-state index contributed by atoms with van der Waals surface area (Å²) in [5.74, 6) is 0.977. The van der Waals surface area contributed by atoms with E-state index in [-0.39, 0.29) is 5.60 Å². The van der Waals surface area contributed by atoms with Crippen molar-refractivity contribution in [2.75, 3.05) is 7.05 Å². The Morgan fingerprint density at radius 3 is 2.50 bits per heavy atom. The van der Waals surface area contributed by atoms with Gasteiger partial charge in [-0.3, -0.25) is 0 Å². The number of para-hydroxylation sites is 1. The Bertz CT molecular complexity index is 329. The van der Waals surface area contributed by atoms with Crippen molar-refractivity contribution in [3.8, 4) is 5.75 Å². The van der Waals surface area contributed by atoms with Crippen molar-refractivity contribution in [1.82, 2.24) is 0 Å². The maximum atomic E-state index is 5.73. The van der Waals surface area contributed by atoms with Crippen molar-refractivity contribution in [3.63, 3.8) is 0 Å². The Hall–Kier alpha value is -1.28. The van der Waals surface area contributed by atoms with E-state index in [1.165, 1.54) is 7.05 Å². The number of benzene rings is 1. The second-order valence-electron chi connectivity index (χ2n) is 3.58. The lowest BCUT2D eigenvalue weighted by molar-refractivity contribution is 0.159. The van der Waals surface area contributed by atoms with Gasteiger partial charge in [0.25, 0.3) is 0 Å². The molecule has 2 heteroatoms. The van der Waals surface area contributed by atoms with E-state index < -0.39 is 0 Å². The lowest BCUT2D eigenvalue weighted by Crippen LogP contribution is -2.27. The van der Waals surface area contributed by atoms with E-state index in [1.807, 2.05) is 18.2 Å². The molecule has 2 nitrogen and oxygen atoms in total. The molecule has 0 spiro atoms. The van der Waals surface area contributed by atoms with Gasteiger partial charge in [0.15, 0.2) is 0 Å². The van der Waals surface area contributed by atoms with Gasteiger partial charge in [0.1, 0.15) is 11.4 Å². The first-order chi connectivity index (χ1) is 6.67. The molecule has 14 heavy (non-hydrogen) atoms. The van der Waals surface area contributed by atoms with Crippen molar-refractivity contribution in [1.29, 1.82) is 0 Å². The van der Waals surface area contributed by atoms with Gasteiger partial charge in [0, 0.05) is 5.56 Å². The van der Waals surface area contributed by atoms with Crippen LogP contribution in [-0.2, 0) is 0 Å². The molecule has 2 rings (SSSR count). The maximum Gasteiger partial charge on any atom is 0.127 e. The highest BCUT2D eigenvalue weighted by Crippen LogP contribution is 2.29. The average Bonchev–Trinajstić information content (AvgIpc) is 2.19. The van der Waals surface area contributed by atoms with Gasteiger partial charge in [0.2, 0.25) is 0 Å². The van der Waals surface area contributed by atoms with Gasteiger partial charge in [-0.2, -0.15) is 0 Å². The van der Waals surface area contributed by atoms with Gasteiger partial charge >= 0.3 is 0 Å². The van der Waals surface area contributed by atoms with Crippen molar-refractivity contribution in [2.24, 2.45) is 5.73 Å². The highest BCUT2D eigenvalue weighted by molar-refractivity contribution is 5.60. The smallest absolute Gasteiger partial charge is 0.127 e. The molecule has 0 bridgehead atoms. The van der Waals surface area contributed by atoms with Gasteiger partial charge < -0.3 is 10.5 Å². The number of ether oxygens (including phenoxy) is 1. The zero-order valence-electron chi connectivity index (χ0n) is 8.95. The Kier molecular flexibility index (Phi) is 3.31. The van der Waals surface area contributed by atoms with E-state index in [1.54, 1.807) is 0 Å². The van der Waals surface area contributed by atoms with Crippen molar-refractivity contribution in [3.05, 3.63) is 35.9 Å². The zero-order valence-corrected chi connectivity index (χ0v) is 8.95. The van der Waals surface area contributed by atoms with E-state index in [9.17, 15) is 0 Å². The van der Waals surface area contributed by atoms with Gasteiger partial charge in [-0.15, -0.1) is 0 Å². The largest absolute Gasteiger partial charge is 0.483 e. The minimum Gasteiger partial charge on any atom is -0.483 e. The predicted molar refractivity (Wildman–Crippen MR) is 60.3 cm³/mol. The van der Waals surface area contributed by atoms with E-state index in [0.717, 1.165) is 11.3 Å². The Morgan fingerprint density at radius 2 is 1.79 bits per heavy atom. The van der Waals surface area contributed by atoms with Crippen LogP contribution in [0, 0.1) is 0 Å². The van der Waals surface area contributed by atoms with Crippen molar-refractivity contribution >= 4 is 6.08 Å². The highest BCUT2D eigenvalue weighted by atomic mass is 16.5. The highest BCUT2D eigenvalue weighted by Gasteiger charge is 2.20. The summed E-state index contributed by atoms with van der Waals surface area (Å²) in [6.45, 7) is 4.11. The molecule has 0 atom stereocenters. The van der Waals surface area contributed by atoms with Crippen LogP contribution in [0.15, 0.2) is 30.3 Å². The molecule has 1 aromatic rings. The van der Waals surface area contributed by atoms with Crippen LogP contribution >= 0.6 is 0 Å². The van der Waals surface area contributed by atoms with E-state index in [4.69, 9.17) is 4.74 Å². The molecule has 0 fully saturated rings. The molecule has 0 radical (unpaired) electrons. The lowest BCUT2D eigenvalue weighted by Gasteiger charge is -2.27. The van der Waals surface area contributed by atoms with Crippen LogP contribution in [0.4, 0.5) is 0 Å². The summed E-state index contributed by atoms with van der Waals surface area (Å²) in [6, 6.07) is 8.07. The fraction of sp³-hybridized carbons (Fsp3) is 0.333. The first-order valence-electron chi connectivity index (χ1n) is 4.72. The average molecular weight is 191 g/mol. The summed E-state index contributed by atoms with van der Waals surface area (Å²) in [5, 5.41) is 0. The number of rotatable bonds is 0. The van der Waals surface area contributed by atoms with Crippen LogP contribution in [0.3, 0.4) is 0 Å². The van der Waals surface area contributed by atoms with Crippen LogP contribution in [0.2, 0.25) is 0 Å². The molecule has 1 aliphatic heterocycles. The van der Waals surface area contributed by atoms with Crippen molar-refractivity contribution in [2.45, 2.75) is 19.4 Å². The second-order valence-corrected chi connectivity index (χ2v) is 3.58. The zero-order chi connectivity index (χ0) is 10.6. The Labute approximate surface area is 85.4 Å². The van der Waals surface area contributed by atoms with Gasteiger partial charge in [0.05, 0.1) is 0 Å². The van der Waals surface area contributed by atoms with E-state index in [0.29, 0.717) is 0 Å². The molecule has 0 saturated heterocycles. The minimum atomic E-state index is -0.158. The number of hydrogen-bond acceptors (Lipinski definition) is 2. The third-order valence-electron chi connectivity index (χ3n) is 1.96. The molecule has 0 aliphatic carbocycles. The summed E-state index contributed by atoms with van der Waals surface area (Å²) in [5.41, 5.74) is 5.51. The Balaban J connectivity index is 0.000000461. The summed E-state index contributed by atoms with van der Waals surface area (Å²) in [7, 11) is 1.50. The van der Waals surface area contributed by atoms with Crippen LogP contribution < -0.4 is 10.5 Å². The maximum absolute atomic E-state index is 5.73. The predicted octanol–water partition coefficient (Wildman–Crippen LogP) is 2.45.